The highest BCUT2D eigenvalue weighted by atomic mass is 16.6. The molecule has 0 amide bonds. The third-order valence-electron chi connectivity index (χ3n) is 1.96. The minimum Gasteiger partial charge on any atom is -0.394 e. The fourth-order valence-electron chi connectivity index (χ4n) is 1.13. The normalized spacial score (nSPS) is 49.2. The number of hydrogen-bond donors (Lipinski definition) is 5. The van der Waals surface area contributed by atoms with E-state index in [0.717, 1.165) is 0 Å². The molecule has 6 heteroatoms. The summed E-state index contributed by atoms with van der Waals surface area (Å²) in [5.41, 5.74) is 5.33. The van der Waals surface area contributed by atoms with Crippen LogP contribution in [0.1, 0.15) is 0 Å². The molecule has 0 aromatic heterocycles. The molecule has 1 saturated heterocycles. The van der Waals surface area contributed by atoms with Gasteiger partial charge >= 0.3 is 0 Å². The van der Waals surface area contributed by atoms with Gasteiger partial charge in [-0.3, -0.25) is 0 Å². The van der Waals surface area contributed by atoms with Gasteiger partial charge in [-0.25, -0.2) is 0 Å². The standard InChI is InChI=1S/C6H13NO5/c7-3-4(9)2(1-8)12-6(11)5(3)10/h2-6,8-11H,1,7H2/t2?,3?,4-,5+,6-/m1/s1. The van der Waals surface area contributed by atoms with Crippen LogP contribution in [0.15, 0.2) is 0 Å². The van der Waals surface area contributed by atoms with Gasteiger partial charge in [-0.2, -0.15) is 0 Å². The molecule has 1 heterocycles. The van der Waals surface area contributed by atoms with Gasteiger partial charge in [0, 0.05) is 0 Å². The van der Waals surface area contributed by atoms with E-state index in [1.807, 2.05) is 0 Å². The zero-order chi connectivity index (χ0) is 9.30. The van der Waals surface area contributed by atoms with Gasteiger partial charge in [0.15, 0.2) is 6.29 Å². The summed E-state index contributed by atoms with van der Waals surface area (Å²) in [5.74, 6) is 0. The van der Waals surface area contributed by atoms with E-state index in [0.29, 0.717) is 0 Å². The molecule has 2 unspecified atom stereocenters. The molecule has 12 heavy (non-hydrogen) atoms. The predicted octanol–water partition coefficient (Wildman–Crippen LogP) is -3.25. The molecule has 0 spiro atoms. The summed E-state index contributed by atoms with van der Waals surface area (Å²) >= 11 is 0. The van der Waals surface area contributed by atoms with Crippen LogP contribution >= 0.6 is 0 Å². The van der Waals surface area contributed by atoms with Gasteiger partial charge in [0.05, 0.1) is 12.6 Å². The van der Waals surface area contributed by atoms with Crippen LogP contribution in [0.5, 0.6) is 0 Å². The first-order valence-corrected chi connectivity index (χ1v) is 3.64. The molecular weight excluding hydrogens is 166 g/mol. The van der Waals surface area contributed by atoms with Crippen molar-refractivity contribution in [2.45, 2.75) is 30.6 Å². The van der Waals surface area contributed by atoms with Gasteiger partial charge < -0.3 is 30.9 Å². The molecular formula is C6H13NO5. The van der Waals surface area contributed by atoms with E-state index in [2.05, 4.69) is 4.74 Å². The number of aliphatic hydroxyl groups is 4. The number of aliphatic hydroxyl groups excluding tert-OH is 4. The van der Waals surface area contributed by atoms with E-state index in [4.69, 9.17) is 21.1 Å². The van der Waals surface area contributed by atoms with Gasteiger partial charge in [0.25, 0.3) is 0 Å². The van der Waals surface area contributed by atoms with E-state index < -0.39 is 37.3 Å². The SMILES string of the molecule is NC1[C@H](O)C(CO)O[C@@H](O)[C@H]1O. The van der Waals surface area contributed by atoms with Gasteiger partial charge in [0.2, 0.25) is 0 Å². The van der Waals surface area contributed by atoms with Gasteiger partial charge in [-0.1, -0.05) is 0 Å². The van der Waals surface area contributed by atoms with Crippen molar-refractivity contribution in [3.63, 3.8) is 0 Å². The van der Waals surface area contributed by atoms with Crippen molar-refractivity contribution in [1.82, 2.24) is 0 Å². The lowest BCUT2D eigenvalue weighted by Crippen LogP contribution is -2.62. The van der Waals surface area contributed by atoms with E-state index in [9.17, 15) is 5.11 Å². The van der Waals surface area contributed by atoms with Crippen LogP contribution in [0.3, 0.4) is 0 Å². The summed E-state index contributed by atoms with van der Waals surface area (Å²) in [7, 11) is 0. The van der Waals surface area contributed by atoms with Crippen molar-refractivity contribution in [3.05, 3.63) is 0 Å². The van der Waals surface area contributed by atoms with Crippen molar-refractivity contribution in [2.75, 3.05) is 6.61 Å². The lowest BCUT2D eigenvalue weighted by Gasteiger charge is -2.38. The van der Waals surface area contributed by atoms with Crippen molar-refractivity contribution in [3.8, 4) is 0 Å². The highest BCUT2D eigenvalue weighted by Crippen LogP contribution is 2.17. The quantitative estimate of drug-likeness (QED) is 0.288. The third-order valence-corrected chi connectivity index (χ3v) is 1.96. The molecule has 1 aliphatic heterocycles. The Balaban J connectivity index is 2.63. The fourth-order valence-corrected chi connectivity index (χ4v) is 1.13. The van der Waals surface area contributed by atoms with E-state index in [1.165, 1.54) is 0 Å². The van der Waals surface area contributed by atoms with Crippen molar-refractivity contribution in [1.29, 1.82) is 0 Å². The summed E-state index contributed by atoms with van der Waals surface area (Å²) in [6.45, 7) is -0.446. The van der Waals surface area contributed by atoms with Crippen LogP contribution in [0, 0.1) is 0 Å². The van der Waals surface area contributed by atoms with Crippen LogP contribution in [0.4, 0.5) is 0 Å². The Morgan fingerprint density at radius 1 is 1.17 bits per heavy atom. The Morgan fingerprint density at radius 2 is 1.75 bits per heavy atom. The van der Waals surface area contributed by atoms with Crippen LogP contribution in [-0.4, -0.2) is 57.7 Å². The molecule has 6 N–H and O–H groups in total. The molecule has 0 radical (unpaired) electrons. The Morgan fingerprint density at radius 3 is 2.25 bits per heavy atom. The molecule has 72 valence electrons. The van der Waals surface area contributed by atoms with Crippen LogP contribution in [0.25, 0.3) is 0 Å². The summed E-state index contributed by atoms with van der Waals surface area (Å²) < 4.78 is 4.66. The molecule has 5 atom stereocenters. The zero-order valence-electron chi connectivity index (χ0n) is 6.37. The molecule has 0 aromatic carbocycles. The summed E-state index contributed by atoms with van der Waals surface area (Å²) in [6, 6.07) is -0.995. The molecule has 1 rings (SSSR count). The Labute approximate surface area is 69.2 Å². The average Bonchev–Trinajstić information content (AvgIpc) is 2.08. The number of hydrogen-bond acceptors (Lipinski definition) is 6. The third kappa shape index (κ3) is 1.58. The first-order chi connectivity index (χ1) is 5.57. The smallest absolute Gasteiger partial charge is 0.183 e. The van der Waals surface area contributed by atoms with E-state index in [-0.39, 0.29) is 0 Å². The summed E-state index contributed by atoms with van der Waals surface area (Å²) in [6.07, 6.45) is -4.85. The molecule has 0 saturated carbocycles. The van der Waals surface area contributed by atoms with Gasteiger partial charge in [-0.05, 0) is 0 Å². The van der Waals surface area contributed by atoms with Crippen LogP contribution in [0.2, 0.25) is 0 Å². The van der Waals surface area contributed by atoms with Crippen molar-refractivity contribution in [2.24, 2.45) is 5.73 Å². The predicted molar refractivity (Wildman–Crippen MR) is 38.0 cm³/mol. The maximum Gasteiger partial charge on any atom is 0.183 e. The fraction of sp³-hybridized carbons (Fsp3) is 1.00. The minimum absolute atomic E-state index is 0.446. The van der Waals surface area contributed by atoms with Crippen molar-refractivity contribution < 1.29 is 25.2 Å². The highest BCUT2D eigenvalue weighted by molar-refractivity contribution is 4.90. The lowest BCUT2D eigenvalue weighted by atomic mass is 9.97. The monoisotopic (exact) mass is 179 g/mol. The molecule has 1 aliphatic rings. The molecule has 0 aromatic rings. The second kappa shape index (κ2) is 3.65. The first kappa shape index (κ1) is 9.85. The summed E-state index contributed by atoms with van der Waals surface area (Å²) in [5, 5.41) is 36.0. The lowest BCUT2D eigenvalue weighted by molar-refractivity contribution is -0.258. The van der Waals surface area contributed by atoms with Gasteiger partial charge in [0.1, 0.15) is 18.3 Å². The topological polar surface area (TPSA) is 116 Å². The first-order valence-electron chi connectivity index (χ1n) is 3.64. The van der Waals surface area contributed by atoms with Crippen LogP contribution in [-0.2, 0) is 4.74 Å². The largest absolute Gasteiger partial charge is 0.394 e. The maximum absolute atomic E-state index is 9.24. The number of rotatable bonds is 1. The second-order valence-corrected chi connectivity index (χ2v) is 2.81. The Hall–Kier alpha value is -0.240. The van der Waals surface area contributed by atoms with Crippen LogP contribution < -0.4 is 5.73 Å². The average molecular weight is 179 g/mol. The minimum atomic E-state index is -1.44. The van der Waals surface area contributed by atoms with Crippen molar-refractivity contribution >= 4 is 0 Å². The summed E-state index contributed by atoms with van der Waals surface area (Å²) in [4.78, 5) is 0. The molecule has 6 nitrogen and oxygen atoms in total. The molecule has 1 fully saturated rings. The highest BCUT2D eigenvalue weighted by Gasteiger charge is 2.41. The molecule has 0 aliphatic carbocycles. The maximum atomic E-state index is 9.24. The molecule has 0 bridgehead atoms. The number of nitrogens with two attached hydrogens (primary N) is 1. The van der Waals surface area contributed by atoms with E-state index >= 15 is 0 Å². The van der Waals surface area contributed by atoms with E-state index in [1.54, 1.807) is 0 Å². The van der Waals surface area contributed by atoms with Gasteiger partial charge in [-0.15, -0.1) is 0 Å². The zero-order valence-corrected chi connectivity index (χ0v) is 6.37. The number of ether oxygens (including phenoxy) is 1. The second-order valence-electron chi connectivity index (χ2n) is 2.81. The Bertz CT molecular complexity index is 150. The Kier molecular flexibility index (Phi) is 2.99.